The summed E-state index contributed by atoms with van der Waals surface area (Å²) < 4.78 is 0. The predicted molar refractivity (Wildman–Crippen MR) is 84.5 cm³/mol. The van der Waals surface area contributed by atoms with E-state index in [-0.39, 0.29) is 5.91 Å². The first kappa shape index (κ1) is 14.8. The normalized spacial score (nSPS) is 14.9. The number of hydrogen-bond donors (Lipinski definition) is 3. The van der Waals surface area contributed by atoms with Crippen LogP contribution in [0.4, 0.5) is 0 Å². The Morgan fingerprint density at radius 2 is 1.85 bits per heavy atom. The van der Waals surface area contributed by atoms with Gasteiger partial charge in [-0.1, -0.05) is 18.9 Å². The Balaban J connectivity index is 1.81. The highest BCUT2D eigenvalue weighted by atomic mass is 32.1. The van der Waals surface area contributed by atoms with Gasteiger partial charge in [0.05, 0.1) is 0 Å². The molecule has 2 rings (SSSR count). The second-order valence-electron chi connectivity index (χ2n) is 5.33. The van der Waals surface area contributed by atoms with Gasteiger partial charge in [-0.3, -0.25) is 15.6 Å². The summed E-state index contributed by atoms with van der Waals surface area (Å²) in [6.07, 6.45) is 4.78. The molecule has 0 saturated heterocycles. The second-order valence-corrected chi connectivity index (χ2v) is 5.74. The standard InChI is InChI=1S/C15H21N3OS/c1-10-7-8-12(9-11(10)2)14(19)17-18-15(20)16-13-5-3-4-6-13/h7-9,13H,3-6H2,1-2H3,(H,17,19)(H2,16,18,20). The van der Waals surface area contributed by atoms with E-state index in [0.717, 1.165) is 18.4 Å². The molecular weight excluding hydrogens is 270 g/mol. The van der Waals surface area contributed by atoms with Gasteiger partial charge in [-0.25, -0.2) is 0 Å². The van der Waals surface area contributed by atoms with Crippen molar-refractivity contribution in [2.75, 3.05) is 0 Å². The zero-order chi connectivity index (χ0) is 14.5. The number of amides is 1. The van der Waals surface area contributed by atoms with Crippen LogP contribution >= 0.6 is 12.2 Å². The van der Waals surface area contributed by atoms with Crippen molar-refractivity contribution < 1.29 is 4.79 Å². The van der Waals surface area contributed by atoms with E-state index in [1.807, 2.05) is 32.0 Å². The number of thiocarbonyl (C=S) groups is 1. The highest BCUT2D eigenvalue weighted by Gasteiger charge is 2.15. The number of benzene rings is 1. The molecule has 4 nitrogen and oxygen atoms in total. The molecule has 0 aliphatic heterocycles. The van der Waals surface area contributed by atoms with Gasteiger partial charge >= 0.3 is 0 Å². The molecule has 0 bridgehead atoms. The molecule has 1 aliphatic carbocycles. The van der Waals surface area contributed by atoms with Crippen LogP contribution in [0.3, 0.4) is 0 Å². The van der Waals surface area contributed by atoms with Gasteiger partial charge in [0, 0.05) is 11.6 Å². The quantitative estimate of drug-likeness (QED) is 0.578. The fourth-order valence-electron chi connectivity index (χ4n) is 2.36. The van der Waals surface area contributed by atoms with E-state index in [0.29, 0.717) is 16.7 Å². The van der Waals surface area contributed by atoms with Gasteiger partial charge in [0.2, 0.25) is 0 Å². The summed E-state index contributed by atoms with van der Waals surface area (Å²) in [5.41, 5.74) is 8.29. The third-order valence-electron chi connectivity index (χ3n) is 3.75. The molecule has 0 unspecified atom stereocenters. The number of rotatable bonds is 2. The Morgan fingerprint density at radius 3 is 2.50 bits per heavy atom. The van der Waals surface area contributed by atoms with Crippen LogP contribution in [0.25, 0.3) is 0 Å². The van der Waals surface area contributed by atoms with Crippen LogP contribution in [0.5, 0.6) is 0 Å². The lowest BCUT2D eigenvalue weighted by molar-refractivity contribution is 0.0943. The van der Waals surface area contributed by atoms with E-state index < -0.39 is 0 Å². The van der Waals surface area contributed by atoms with Gasteiger partial charge in [0.25, 0.3) is 5.91 Å². The molecule has 1 saturated carbocycles. The van der Waals surface area contributed by atoms with Crippen LogP contribution in [0.2, 0.25) is 0 Å². The van der Waals surface area contributed by atoms with Crippen LogP contribution < -0.4 is 16.2 Å². The van der Waals surface area contributed by atoms with Crippen molar-refractivity contribution in [2.24, 2.45) is 0 Å². The van der Waals surface area contributed by atoms with Gasteiger partial charge in [-0.2, -0.15) is 0 Å². The summed E-state index contributed by atoms with van der Waals surface area (Å²) in [7, 11) is 0. The van der Waals surface area contributed by atoms with Crippen LogP contribution in [-0.2, 0) is 0 Å². The summed E-state index contributed by atoms with van der Waals surface area (Å²) in [6, 6.07) is 6.07. The van der Waals surface area contributed by atoms with Crippen LogP contribution in [0, 0.1) is 13.8 Å². The molecule has 0 heterocycles. The first-order valence-electron chi connectivity index (χ1n) is 7.00. The van der Waals surface area contributed by atoms with Crippen molar-refractivity contribution in [3.05, 3.63) is 34.9 Å². The Kier molecular flexibility index (Phi) is 4.95. The summed E-state index contributed by atoms with van der Waals surface area (Å²) in [5.74, 6) is -0.177. The van der Waals surface area contributed by atoms with Gasteiger partial charge in [0.1, 0.15) is 0 Å². The molecule has 0 spiro atoms. The molecule has 1 aromatic rings. The Labute approximate surface area is 125 Å². The average molecular weight is 291 g/mol. The van der Waals surface area contributed by atoms with Gasteiger partial charge in [-0.05, 0) is 62.2 Å². The molecule has 3 N–H and O–H groups in total. The van der Waals surface area contributed by atoms with Crippen molar-refractivity contribution in [1.29, 1.82) is 0 Å². The smallest absolute Gasteiger partial charge is 0.269 e. The Bertz CT molecular complexity index is 510. The fraction of sp³-hybridized carbons (Fsp3) is 0.467. The van der Waals surface area contributed by atoms with Crippen molar-refractivity contribution in [2.45, 2.75) is 45.6 Å². The number of hydrogen-bond acceptors (Lipinski definition) is 2. The van der Waals surface area contributed by atoms with Crippen LogP contribution in [0.1, 0.15) is 47.2 Å². The third-order valence-corrected chi connectivity index (χ3v) is 3.97. The molecule has 5 heteroatoms. The molecule has 0 aromatic heterocycles. The lowest BCUT2D eigenvalue weighted by Gasteiger charge is -2.16. The topological polar surface area (TPSA) is 53.2 Å². The molecular formula is C15H21N3OS. The van der Waals surface area contributed by atoms with E-state index in [4.69, 9.17) is 12.2 Å². The molecule has 1 aliphatic rings. The van der Waals surface area contributed by atoms with Gasteiger partial charge in [0.15, 0.2) is 5.11 Å². The Morgan fingerprint density at radius 1 is 1.15 bits per heavy atom. The minimum Gasteiger partial charge on any atom is -0.359 e. The summed E-state index contributed by atoms with van der Waals surface area (Å²) in [6.45, 7) is 4.02. The zero-order valence-electron chi connectivity index (χ0n) is 12.0. The molecule has 0 radical (unpaired) electrons. The monoisotopic (exact) mass is 291 g/mol. The zero-order valence-corrected chi connectivity index (χ0v) is 12.8. The maximum absolute atomic E-state index is 12.0. The van der Waals surface area contributed by atoms with Crippen molar-refractivity contribution >= 4 is 23.2 Å². The third kappa shape index (κ3) is 3.93. The highest BCUT2D eigenvalue weighted by Crippen LogP contribution is 2.17. The van der Waals surface area contributed by atoms with Crippen molar-refractivity contribution in [1.82, 2.24) is 16.2 Å². The van der Waals surface area contributed by atoms with Crippen LogP contribution in [-0.4, -0.2) is 17.1 Å². The number of aryl methyl sites for hydroxylation is 2. The van der Waals surface area contributed by atoms with E-state index in [1.54, 1.807) is 0 Å². The molecule has 1 amide bonds. The molecule has 0 atom stereocenters. The van der Waals surface area contributed by atoms with E-state index in [1.165, 1.54) is 18.4 Å². The van der Waals surface area contributed by atoms with E-state index in [9.17, 15) is 4.79 Å². The molecule has 1 fully saturated rings. The number of carbonyl (C=O) groups is 1. The van der Waals surface area contributed by atoms with E-state index in [2.05, 4.69) is 16.2 Å². The number of nitrogens with one attached hydrogen (secondary N) is 3. The second kappa shape index (κ2) is 6.70. The fourth-order valence-corrected chi connectivity index (χ4v) is 2.58. The summed E-state index contributed by atoms with van der Waals surface area (Å²) in [4.78, 5) is 12.0. The average Bonchev–Trinajstić information content (AvgIpc) is 2.92. The SMILES string of the molecule is Cc1ccc(C(=O)NNC(=S)NC2CCCC2)cc1C. The van der Waals surface area contributed by atoms with Crippen molar-refractivity contribution in [3.63, 3.8) is 0 Å². The van der Waals surface area contributed by atoms with Crippen molar-refractivity contribution in [3.8, 4) is 0 Å². The minimum absolute atomic E-state index is 0.177. The lowest BCUT2D eigenvalue weighted by Crippen LogP contribution is -2.49. The molecule has 20 heavy (non-hydrogen) atoms. The van der Waals surface area contributed by atoms with Gasteiger partial charge in [-0.15, -0.1) is 0 Å². The number of hydrazine groups is 1. The highest BCUT2D eigenvalue weighted by molar-refractivity contribution is 7.80. The predicted octanol–water partition coefficient (Wildman–Crippen LogP) is 2.35. The first-order valence-corrected chi connectivity index (χ1v) is 7.41. The summed E-state index contributed by atoms with van der Waals surface area (Å²) in [5, 5.41) is 3.69. The largest absolute Gasteiger partial charge is 0.359 e. The van der Waals surface area contributed by atoms with Crippen LogP contribution in [0.15, 0.2) is 18.2 Å². The number of carbonyl (C=O) groups excluding carboxylic acids is 1. The van der Waals surface area contributed by atoms with E-state index >= 15 is 0 Å². The lowest BCUT2D eigenvalue weighted by atomic mass is 10.1. The molecule has 108 valence electrons. The maximum atomic E-state index is 12.0. The Hall–Kier alpha value is -1.62. The minimum atomic E-state index is -0.177. The first-order chi connectivity index (χ1) is 9.56. The van der Waals surface area contributed by atoms with Gasteiger partial charge < -0.3 is 5.32 Å². The molecule has 1 aromatic carbocycles. The maximum Gasteiger partial charge on any atom is 0.269 e. The summed E-state index contributed by atoms with van der Waals surface area (Å²) >= 11 is 5.17.